The summed E-state index contributed by atoms with van der Waals surface area (Å²) in [4.78, 5) is 37.5. The second-order valence-corrected chi connectivity index (χ2v) is 10.1. The van der Waals surface area contributed by atoms with Crippen LogP contribution in [0.3, 0.4) is 0 Å². The summed E-state index contributed by atoms with van der Waals surface area (Å²) in [6.07, 6.45) is -0.0191. The first-order chi connectivity index (χ1) is 15.6. The molecule has 6 nitrogen and oxygen atoms in total. The number of halogens is 2. The Labute approximate surface area is 202 Å². The van der Waals surface area contributed by atoms with Gasteiger partial charge in [-0.1, -0.05) is 83.9 Å². The Morgan fingerprint density at radius 3 is 2.18 bits per heavy atom. The van der Waals surface area contributed by atoms with Gasteiger partial charge in [-0.25, -0.2) is 5.06 Å². The van der Waals surface area contributed by atoms with Gasteiger partial charge < -0.3 is 9.79 Å². The number of nitrogens with zero attached hydrogens (tertiary/aromatic N) is 1. The molecule has 0 spiro atoms. The molecule has 0 radical (unpaired) electrons. The summed E-state index contributed by atoms with van der Waals surface area (Å²) in [5, 5.41) is 1.61. The van der Waals surface area contributed by atoms with Gasteiger partial charge in [0.25, 0.3) is 0 Å². The van der Waals surface area contributed by atoms with Gasteiger partial charge in [0.2, 0.25) is 5.91 Å². The molecule has 0 bridgehead atoms. The second kappa shape index (κ2) is 11.3. The largest absolute Gasteiger partial charge is 0.333 e. The molecule has 0 aliphatic carbocycles. The minimum absolute atomic E-state index is 0.00649. The summed E-state index contributed by atoms with van der Waals surface area (Å²) in [6.45, 7) is 1.47. The predicted octanol–water partition coefficient (Wildman–Crippen LogP) is 6.25. The van der Waals surface area contributed by atoms with Crippen LogP contribution in [0.1, 0.15) is 30.1 Å². The number of hydrogen-bond donors (Lipinski definition) is 2. The fourth-order valence-electron chi connectivity index (χ4n) is 3.38. The van der Waals surface area contributed by atoms with Gasteiger partial charge in [-0.2, -0.15) is 0 Å². The average Bonchev–Trinajstić information content (AvgIpc) is 2.78. The summed E-state index contributed by atoms with van der Waals surface area (Å²) in [5.74, 6) is -0.366. The molecule has 1 unspecified atom stereocenters. The van der Waals surface area contributed by atoms with Crippen molar-refractivity contribution in [2.45, 2.75) is 25.6 Å². The van der Waals surface area contributed by atoms with Crippen LogP contribution in [0.4, 0.5) is 0 Å². The van der Waals surface area contributed by atoms with Gasteiger partial charge in [0.05, 0.1) is 15.7 Å². The third kappa shape index (κ3) is 7.15. The summed E-state index contributed by atoms with van der Waals surface area (Å²) >= 11 is 11.9. The number of carbonyl (C=O) groups is 1. The van der Waals surface area contributed by atoms with Gasteiger partial charge in [0.15, 0.2) is 0 Å². The first-order valence-electron chi connectivity index (χ1n) is 10.2. The van der Waals surface area contributed by atoms with Crippen LogP contribution in [0.25, 0.3) is 11.1 Å². The van der Waals surface area contributed by atoms with E-state index in [0.717, 1.165) is 21.8 Å². The average molecular weight is 508 g/mol. The van der Waals surface area contributed by atoms with Crippen LogP contribution in [-0.4, -0.2) is 27.3 Å². The zero-order valence-corrected chi connectivity index (χ0v) is 20.3. The molecule has 0 heterocycles. The van der Waals surface area contributed by atoms with Crippen LogP contribution in [-0.2, 0) is 20.8 Å². The first-order valence-corrected chi connectivity index (χ1v) is 12.6. The Bertz CT molecular complexity index is 1140. The third-order valence-corrected chi connectivity index (χ3v) is 7.25. The normalized spacial score (nSPS) is 12.4. The molecule has 0 fully saturated rings. The van der Waals surface area contributed by atoms with Crippen LogP contribution in [0.15, 0.2) is 72.8 Å². The Morgan fingerprint density at radius 1 is 0.970 bits per heavy atom. The molecule has 9 heteroatoms. The zero-order chi connectivity index (χ0) is 24.0. The number of carbonyl (C=O) groups excluding carboxylic acids is 1. The van der Waals surface area contributed by atoms with E-state index >= 15 is 0 Å². The van der Waals surface area contributed by atoms with E-state index in [0.29, 0.717) is 5.56 Å². The zero-order valence-electron chi connectivity index (χ0n) is 17.9. The summed E-state index contributed by atoms with van der Waals surface area (Å²) < 4.78 is 12.1. The van der Waals surface area contributed by atoms with E-state index in [1.807, 2.05) is 54.6 Å². The summed E-state index contributed by atoms with van der Waals surface area (Å²) in [5.41, 5.74) is 2.22. The number of hydrogen-bond acceptors (Lipinski definition) is 3. The van der Waals surface area contributed by atoms with Crippen molar-refractivity contribution in [3.8, 4) is 11.1 Å². The molecule has 0 saturated heterocycles. The highest BCUT2D eigenvalue weighted by Gasteiger charge is 2.31. The fourth-order valence-corrected chi connectivity index (χ4v) is 4.68. The van der Waals surface area contributed by atoms with Crippen molar-refractivity contribution in [1.29, 1.82) is 0 Å². The lowest BCUT2D eigenvalue weighted by Gasteiger charge is -2.24. The van der Waals surface area contributed by atoms with Gasteiger partial charge in [-0.05, 0) is 40.8 Å². The SMILES string of the molecule is CC(=O)N(CCC(c1ccc(Cl)c(Cl)c1)P(=O)(O)O)OCc1ccc(-c2ccccc2)cc1. The Balaban J connectivity index is 1.65. The molecule has 3 rings (SSSR count). The third-order valence-electron chi connectivity index (χ3n) is 5.14. The fraction of sp³-hybridized carbons (Fsp3) is 0.208. The number of amides is 1. The van der Waals surface area contributed by atoms with Crippen LogP contribution >= 0.6 is 30.8 Å². The van der Waals surface area contributed by atoms with Gasteiger partial charge in [0, 0.05) is 13.5 Å². The van der Waals surface area contributed by atoms with E-state index < -0.39 is 13.3 Å². The topological polar surface area (TPSA) is 87.1 Å². The van der Waals surface area contributed by atoms with E-state index in [-0.39, 0.29) is 35.5 Å². The Morgan fingerprint density at radius 2 is 1.61 bits per heavy atom. The molecule has 2 N–H and O–H groups in total. The molecule has 3 aromatic carbocycles. The van der Waals surface area contributed by atoms with Crippen LogP contribution in [0.2, 0.25) is 10.0 Å². The molecular weight excluding hydrogens is 484 g/mol. The van der Waals surface area contributed by atoms with Gasteiger partial charge in [-0.3, -0.25) is 14.2 Å². The maximum absolute atomic E-state index is 12.1. The molecule has 0 aliphatic rings. The lowest BCUT2D eigenvalue weighted by molar-refractivity contribution is -0.189. The Hall–Kier alpha value is -2.18. The molecular formula is C24H24Cl2NO5P. The maximum Gasteiger partial charge on any atom is 0.333 e. The van der Waals surface area contributed by atoms with Crippen molar-refractivity contribution in [3.63, 3.8) is 0 Å². The lowest BCUT2D eigenvalue weighted by atomic mass is 10.0. The van der Waals surface area contributed by atoms with Crippen molar-refractivity contribution in [2.24, 2.45) is 0 Å². The van der Waals surface area contributed by atoms with Crippen molar-refractivity contribution < 1.29 is 24.0 Å². The molecule has 0 saturated carbocycles. The van der Waals surface area contributed by atoms with Crippen LogP contribution < -0.4 is 0 Å². The first kappa shape index (κ1) is 25.4. The van der Waals surface area contributed by atoms with E-state index in [1.165, 1.54) is 25.1 Å². The van der Waals surface area contributed by atoms with Gasteiger partial charge >= 0.3 is 7.60 Å². The van der Waals surface area contributed by atoms with Gasteiger partial charge in [0.1, 0.15) is 6.61 Å². The second-order valence-electron chi connectivity index (χ2n) is 7.52. The minimum atomic E-state index is -4.53. The molecule has 174 valence electrons. The quantitative estimate of drug-likeness (QED) is 0.264. The molecule has 33 heavy (non-hydrogen) atoms. The monoisotopic (exact) mass is 507 g/mol. The van der Waals surface area contributed by atoms with Crippen LogP contribution in [0, 0.1) is 0 Å². The highest BCUT2D eigenvalue weighted by molar-refractivity contribution is 7.52. The smallest absolute Gasteiger partial charge is 0.324 e. The number of benzene rings is 3. The molecule has 1 atom stereocenters. The van der Waals surface area contributed by atoms with E-state index in [1.54, 1.807) is 0 Å². The minimum Gasteiger partial charge on any atom is -0.324 e. The Kier molecular flexibility index (Phi) is 8.71. The van der Waals surface area contributed by atoms with Gasteiger partial charge in [-0.15, -0.1) is 0 Å². The summed E-state index contributed by atoms with van der Waals surface area (Å²) in [7, 11) is -4.53. The maximum atomic E-state index is 12.1. The lowest BCUT2D eigenvalue weighted by Crippen LogP contribution is -2.30. The van der Waals surface area contributed by atoms with E-state index in [9.17, 15) is 19.1 Å². The van der Waals surface area contributed by atoms with Crippen LogP contribution in [0.5, 0.6) is 0 Å². The standard InChI is InChI=1S/C24H24Cl2NO5P/c1-17(28)27(14-13-24(33(29,30)31)21-11-12-22(25)23(26)15-21)32-16-18-7-9-20(10-8-18)19-5-3-2-4-6-19/h2-12,15,24H,13-14,16H2,1H3,(H2,29,30,31). The van der Waals surface area contributed by atoms with E-state index in [2.05, 4.69) is 0 Å². The van der Waals surface area contributed by atoms with Crippen molar-refractivity contribution in [3.05, 3.63) is 94.0 Å². The molecule has 0 aliphatic heterocycles. The number of rotatable bonds is 9. The molecule has 1 amide bonds. The van der Waals surface area contributed by atoms with Crippen molar-refractivity contribution in [2.75, 3.05) is 6.54 Å². The summed E-state index contributed by atoms with van der Waals surface area (Å²) in [6, 6.07) is 22.2. The van der Waals surface area contributed by atoms with Crippen molar-refractivity contribution >= 4 is 36.7 Å². The highest BCUT2D eigenvalue weighted by atomic mass is 35.5. The van der Waals surface area contributed by atoms with E-state index in [4.69, 9.17) is 28.0 Å². The van der Waals surface area contributed by atoms with Crippen molar-refractivity contribution in [1.82, 2.24) is 5.06 Å². The predicted molar refractivity (Wildman–Crippen MR) is 130 cm³/mol. The number of hydroxylamine groups is 2. The highest BCUT2D eigenvalue weighted by Crippen LogP contribution is 2.54. The molecule has 0 aromatic heterocycles. The molecule has 3 aromatic rings.